The predicted molar refractivity (Wildman–Crippen MR) is 184 cm³/mol. The summed E-state index contributed by atoms with van der Waals surface area (Å²) >= 11 is 0. The van der Waals surface area contributed by atoms with Crippen molar-refractivity contribution in [2.75, 3.05) is 38.1 Å². The van der Waals surface area contributed by atoms with Crippen molar-refractivity contribution < 1.29 is 24.2 Å². The van der Waals surface area contributed by atoms with Gasteiger partial charge in [0.15, 0.2) is 0 Å². The number of anilines is 1. The molecule has 0 bridgehead atoms. The van der Waals surface area contributed by atoms with Crippen molar-refractivity contribution in [2.45, 2.75) is 71.4 Å². The van der Waals surface area contributed by atoms with E-state index >= 15 is 0 Å². The first-order valence-corrected chi connectivity index (χ1v) is 16.6. The molecule has 0 spiro atoms. The maximum Gasteiger partial charge on any atom is 0.320 e. The summed E-state index contributed by atoms with van der Waals surface area (Å²) in [5, 5.41) is 12.2. The van der Waals surface area contributed by atoms with E-state index in [0.717, 1.165) is 55.2 Å². The van der Waals surface area contributed by atoms with Gasteiger partial charge in [-0.15, -0.1) is 0 Å². The summed E-state index contributed by atoms with van der Waals surface area (Å²) < 4.78 is 11.5. The van der Waals surface area contributed by atoms with Gasteiger partial charge in [-0.1, -0.05) is 75.6 Å². The van der Waals surface area contributed by atoms with Crippen LogP contribution >= 0.6 is 0 Å². The van der Waals surface area contributed by atoms with Crippen molar-refractivity contribution in [3.63, 3.8) is 0 Å². The number of hydrogen-bond acceptors (Lipinski definition) is 7. The summed E-state index contributed by atoms with van der Waals surface area (Å²) in [7, 11) is 0. The zero-order valence-electron chi connectivity index (χ0n) is 27.5. The van der Waals surface area contributed by atoms with Gasteiger partial charge in [-0.2, -0.15) is 0 Å². The number of nitrogens with two attached hydrogens (primary N) is 2. The van der Waals surface area contributed by atoms with Crippen LogP contribution in [0.5, 0.6) is 11.5 Å². The molecule has 1 saturated carbocycles. The minimum atomic E-state index is -0.991. The Kier molecular flexibility index (Phi) is 15.9. The lowest BCUT2D eigenvalue weighted by molar-refractivity contribution is -0.138. The highest BCUT2D eigenvalue weighted by atomic mass is 16.5. The first kappa shape index (κ1) is 36.4. The maximum atomic E-state index is 11.8. The largest absolute Gasteiger partial charge is 0.494 e. The van der Waals surface area contributed by atoms with Gasteiger partial charge in [0.1, 0.15) is 24.1 Å². The third-order valence-electron chi connectivity index (χ3n) is 8.29. The topological polar surface area (TPSA) is 140 Å². The Balaban J connectivity index is 0.000000259. The number of carbonyl (C=O) groups excluding carboxylic acids is 1. The fourth-order valence-corrected chi connectivity index (χ4v) is 5.44. The first-order chi connectivity index (χ1) is 22.3. The number of carbonyl (C=O) groups is 2. The van der Waals surface area contributed by atoms with Crippen molar-refractivity contribution >= 4 is 17.6 Å². The molecule has 1 fully saturated rings. The summed E-state index contributed by atoms with van der Waals surface area (Å²) in [6, 6.07) is 22.0. The summed E-state index contributed by atoms with van der Waals surface area (Å²) in [5.41, 5.74) is 14.4. The molecule has 1 atom stereocenters. The van der Waals surface area contributed by atoms with Crippen LogP contribution in [0.25, 0.3) is 0 Å². The van der Waals surface area contributed by atoms with E-state index in [4.69, 9.17) is 26.0 Å². The molecule has 250 valence electrons. The average Bonchev–Trinajstić information content (AvgIpc) is 3.08. The van der Waals surface area contributed by atoms with Crippen molar-refractivity contribution in [1.29, 1.82) is 0 Å². The number of hydrogen-bond donors (Lipinski definition) is 4. The molecule has 0 aliphatic heterocycles. The molecule has 0 unspecified atom stereocenters. The quantitative estimate of drug-likeness (QED) is 0.131. The third kappa shape index (κ3) is 13.1. The van der Waals surface area contributed by atoms with E-state index in [1.54, 1.807) is 6.07 Å². The number of carboxylic acids is 1. The number of aliphatic carboxylic acids is 1. The fraction of sp³-hybridized carbons (Fsp3) is 0.459. The van der Waals surface area contributed by atoms with E-state index < -0.39 is 17.9 Å². The molecule has 46 heavy (non-hydrogen) atoms. The SMILES string of the molecule is CCN(CC)CCCOc1ccc(NCC2CCCCC2)c(C(N)=O)c1.N[C@H](Cc1ccc(OCc2ccccc2)cc1)C(=O)O. The predicted octanol–water partition coefficient (Wildman–Crippen LogP) is 6.11. The second-order valence-corrected chi connectivity index (χ2v) is 11.8. The Morgan fingerprint density at radius 2 is 1.59 bits per heavy atom. The monoisotopic (exact) mass is 632 g/mol. The van der Waals surface area contributed by atoms with Crippen LogP contribution in [0.2, 0.25) is 0 Å². The highest BCUT2D eigenvalue weighted by molar-refractivity contribution is 5.98. The highest BCUT2D eigenvalue weighted by Crippen LogP contribution is 2.26. The Morgan fingerprint density at radius 3 is 2.22 bits per heavy atom. The lowest BCUT2D eigenvalue weighted by Gasteiger charge is -2.23. The second-order valence-electron chi connectivity index (χ2n) is 11.8. The van der Waals surface area contributed by atoms with Gasteiger partial charge in [-0.3, -0.25) is 9.59 Å². The van der Waals surface area contributed by atoms with Crippen molar-refractivity contribution in [3.05, 3.63) is 89.5 Å². The van der Waals surface area contributed by atoms with Gasteiger partial charge in [-0.25, -0.2) is 0 Å². The molecule has 0 aromatic heterocycles. The minimum absolute atomic E-state index is 0.314. The fourth-order valence-electron chi connectivity index (χ4n) is 5.44. The van der Waals surface area contributed by atoms with Gasteiger partial charge < -0.3 is 36.3 Å². The molecule has 3 aromatic carbocycles. The molecular formula is C37H52N4O5. The first-order valence-electron chi connectivity index (χ1n) is 16.6. The molecule has 9 heteroatoms. The summed E-state index contributed by atoms with van der Waals surface area (Å²) in [6.45, 7) is 9.54. The van der Waals surface area contributed by atoms with Crippen LogP contribution in [0.1, 0.15) is 73.9 Å². The standard InChI is InChI=1S/C21H35N3O2.C16H17NO3/c1-3-24(4-2)13-8-14-26-18-11-12-20(19(15-18)21(22)25)23-16-17-9-6-5-7-10-17;17-15(16(18)19)10-12-6-8-14(9-7-12)20-11-13-4-2-1-3-5-13/h11-12,15,17,23H,3-10,13-14,16H2,1-2H3,(H2,22,25);1-9,15H,10-11,17H2,(H,18,19)/t;15-/m.1/s1. The number of carboxylic acid groups (broad SMARTS) is 1. The number of amides is 1. The van der Waals surface area contributed by atoms with Crippen LogP contribution < -0.4 is 26.3 Å². The number of nitrogens with one attached hydrogen (secondary N) is 1. The van der Waals surface area contributed by atoms with Crippen LogP contribution in [0.15, 0.2) is 72.8 Å². The second kappa shape index (κ2) is 20.1. The van der Waals surface area contributed by atoms with Crippen molar-refractivity contribution in [2.24, 2.45) is 17.4 Å². The lowest BCUT2D eigenvalue weighted by Crippen LogP contribution is -2.32. The van der Waals surface area contributed by atoms with Crippen LogP contribution in [0, 0.1) is 5.92 Å². The van der Waals surface area contributed by atoms with E-state index in [1.165, 1.54) is 32.1 Å². The Morgan fingerprint density at radius 1 is 0.913 bits per heavy atom. The van der Waals surface area contributed by atoms with E-state index in [9.17, 15) is 9.59 Å². The van der Waals surface area contributed by atoms with E-state index in [-0.39, 0.29) is 0 Å². The van der Waals surface area contributed by atoms with E-state index in [2.05, 4.69) is 24.1 Å². The minimum Gasteiger partial charge on any atom is -0.494 e. The molecule has 0 radical (unpaired) electrons. The van der Waals surface area contributed by atoms with Gasteiger partial charge in [0.25, 0.3) is 5.91 Å². The van der Waals surface area contributed by atoms with Crippen molar-refractivity contribution in [3.8, 4) is 11.5 Å². The zero-order chi connectivity index (χ0) is 33.1. The summed E-state index contributed by atoms with van der Waals surface area (Å²) in [6.07, 6.45) is 7.80. The molecule has 3 aromatic rings. The zero-order valence-corrected chi connectivity index (χ0v) is 27.5. The van der Waals surface area contributed by atoms with Crippen molar-refractivity contribution in [1.82, 2.24) is 4.90 Å². The summed E-state index contributed by atoms with van der Waals surface area (Å²) in [4.78, 5) is 24.9. The molecule has 1 aliphatic carbocycles. The highest BCUT2D eigenvalue weighted by Gasteiger charge is 2.16. The lowest BCUT2D eigenvalue weighted by atomic mass is 9.89. The maximum absolute atomic E-state index is 11.8. The van der Waals surface area contributed by atoms with Crippen LogP contribution in [0.4, 0.5) is 5.69 Å². The number of ether oxygens (including phenoxy) is 2. The number of benzene rings is 3. The van der Waals surface area contributed by atoms with Gasteiger partial charge in [-0.05, 0) is 86.1 Å². The number of primary amides is 1. The van der Waals surface area contributed by atoms with Gasteiger partial charge >= 0.3 is 5.97 Å². The molecule has 0 saturated heterocycles. The van der Waals surface area contributed by atoms with Gasteiger partial charge in [0, 0.05) is 18.8 Å². The molecule has 1 aliphatic rings. The molecule has 1 amide bonds. The number of rotatable bonds is 17. The van der Waals surface area contributed by atoms with Crippen LogP contribution in [-0.4, -0.2) is 60.7 Å². The molecule has 9 nitrogen and oxygen atoms in total. The Bertz CT molecular complexity index is 1310. The number of nitrogens with zero attached hydrogens (tertiary/aromatic N) is 1. The van der Waals surface area contributed by atoms with Gasteiger partial charge in [0.05, 0.1) is 12.2 Å². The molecule has 4 rings (SSSR count). The summed E-state index contributed by atoms with van der Waals surface area (Å²) in [5.74, 6) is 0.752. The molecular weight excluding hydrogens is 580 g/mol. The average molecular weight is 633 g/mol. The van der Waals surface area contributed by atoms with E-state index in [0.29, 0.717) is 36.9 Å². The smallest absolute Gasteiger partial charge is 0.320 e. The molecule has 6 N–H and O–H groups in total. The van der Waals surface area contributed by atoms with Crippen LogP contribution in [-0.2, 0) is 17.8 Å². The Labute approximate surface area is 274 Å². The Hall–Kier alpha value is -4.08. The normalized spacial score (nSPS) is 13.7. The molecule has 0 heterocycles. The van der Waals surface area contributed by atoms with E-state index in [1.807, 2.05) is 66.7 Å². The van der Waals surface area contributed by atoms with Crippen LogP contribution in [0.3, 0.4) is 0 Å². The van der Waals surface area contributed by atoms with Gasteiger partial charge in [0.2, 0.25) is 0 Å². The third-order valence-corrected chi connectivity index (χ3v) is 8.29.